The van der Waals surface area contributed by atoms with Gasteiger partial charge in [0.25, 0.3) is 0 Å². The van der Waals surface area contributed by atoms with E-state index in [1.54, 1.807) is 18.0 Å². The van der Waals surface area contributed by atoms with Gasteiger partial charge < -0.3 is 9.64 Å². The van der Waals surface area contributed by atoms with Crippen LogP contribution in [-0.4, -0.2) is 37.4 Å². The average Bonchev–Trinajstić information content (AvgIpc) is 2.08. The van der Waals surface area contributed by atoms with E-state index in [2.05, 4.69) is 4.74 Å². The summed E-state index contributed by atoms with van der Waals surface area (Å²) in [6.45, 7) is 0.478. The summed E-state index contributed by atoms with van der Waals surface area (Å²) in [4.78, 5) is 12.8. The van der Waals surface area contributed by atoms with E-state index < -0.39 is 0 Å². The summed E-state index contributed by atoms with van der Waals surface area (Å²) < 4.78 is 4.57. The molecule has 1 heterocycles. The van der Waals surface area contributed by atoms with Crippen LogP contribution >= 0.6 is 0 Å². The van der Waals surface area contributed by atoms with Crippen molar-refractivity contribution in [3.05, 3.63) is 11.6 Å². The van der Waals surface area contributed by atoms with Crippen molar-refractivity contribution in [3.63, 3.8) is 0 Å². The summed E-state index contributed by atoms with van der Waals surface area (Å²) in [6.07, 6.45) is 2.26. The van der Waals surface area contributed by atoms with Crippen molar-refractivity contribution in [1.29, 1.82) is 5.41 Å². The van der Waals surface area contributed by atoms with Crippen molar-refractivity contribution in [2.45, 2.75) is 6.42 Å². The molecule has 0 saturated carbocycles. The minimum absolute atomic E-state index is 0.297. The number of nitrogens with one attached hydrogen (secondary N) is 1. The molecule has 12 heavy (non-hydrogen) atoms. The molecule has 0 unspecified atom stereocenters. The Morgan fingerprint density at radius 1 is 1.75 bits per heavy atom. The van der Waals surface area contributed by atoms with Crippen LogP contribution in [0.4, 0.5) is 0 Å². The van der Waals surface area contributed by atoms with Gasteiger partial charge in [0.1, 0.15) is 0 Å². The van der Waals surface area contributed by atoms with Crippen molar-refractivity contribution in [3.8, 4) is 0 Å². The molecule has 1 N–H and O–H groups in total. The Balaban J connectivity index is 2.70. The minimum atomic E-state index is -0.297. The van der Waals surface area contributed by atoms with E-state index in [1.165, 1.54) is 7.11 Å². The highest BCUT2D eigenvalue weighted by Crippen LogP contribution is 2.10. The van der Waals surface area contributed by atoms with Crippen LogP contribution in [0.25, 0.3) is 0 Å². The number of methoxy groups -OCH3 is 1. The highest BCUT2D eigenvalue weighted by Gasteiger charge is 2.18. The largest absolute Gasteiger partial charge is 0.466 e. The van der Waals surface area contributed by atoms with E-state index in [0.29, 0.717) is 24.4 Å². The van der Waals surface area contributed by atoms with E-state index in [0.717, 1.165) is 0 Å². The van der Waals surface area contributed by atoms with Crippen molar-refractivity contribution in [2.75, 3.05) is 20.7 Å². The molecule has 0 spiro atoms. The van der Waals surface area contributed by atoms with E-state index in [1.807, 2.05) is 0 Å². The first kappa shape index (κ1) is 8.77. The van der Waals surface area contributed by atoms with Crippen LogP contribution in [0.15, 0.2) is 11.6 Å². The number of carbonyl (C=O) groups is 1. The number of hydrogen-bond acceptors (Lipinski definition) is 3. The number of likely N-dealkylation sites (N-methyl/N-ethyl adjacent to an activating group) is 1. The number of nitrogens with zero attached hydrogens (tertiary/aromatic N) is 1. The first-order valence-electron chi connectivity index (χ1n) is 3.71. The van der Waals surface area contributed by atoms with Crippen molar-refractivity contribution in [1.82, 2.24) is 4.90 Å². The predicted octanol–water partition coefficient (Wildman–Crippen LogP) is 0.399. The number of rotatable bonds is 1. The van der Waals surface area contributed by atoms with Gasteiger partial charge in [0.2, 0.25) is 0 Å². The highest BCUT2D eigenvalue weighted by atomic mass is 16.5. The van der Waals surface area contributed by atoms with Gasteiger partial charge in [0.05, 0.1) is 25.1 Å². The van der Waals surface area contributed by atoms with Gasteiger partial charge in [-0.05, 0) is 0 Å². The lowest BCUT2D eigenvalue weighted by Crippen LogP contribution is -2.33. The Bertz CT molecular complexity index is 245. The quantitative estimate of drug-likeness (QED) is 0.576. The second-order valence-electron chi connectivity index (χ2n) is 2.73. The molecule has 1 aliphatic rings. The van der Waals surface area contributed by atoms with Gasteiger partial charge in [-0.15, -0.1) is 0 Å². The van der Waals surface area contributed by atoms with Crippen LogP contribution in [0, 0.1) is 5.41 Å². The van der Waals surface area contributed by atoms with Gasteiger partial charge in [-0.2, -0.15) is 0 Å². The summed E-state index contributed by atoms with van der Waals surface area (Å²) in [5.41, 5.74) is 0.635. The maximum Gasteiger partial charge on any atom is 0.335 e. The minimum Gasteiger partial charge on any atom is -0.466 e. The number of amidine groups is 1. The Morgan fingerprint density at radius 3 is 2.92 bits per heavy atom. The third-order valence-electron chi connectivity index (χ3n) is 1.86. The zero-order valence-electron chi connectivity index (χ0n) is 7.26. The second-order valence-corrected chi connectivity index (χ2v) is 2.73. The molecule has 66 valence electrons. The van der Waals surface area contributed by atoms with Gasteiger partial charge in [0.15, 0.2) is 0 Å². The average molecular weight is 168 g/mol. The number of hydrogen-bond donors (Lipinski definition) is 1. The summed E-state index contributed by atoms with van der Waals surface area (Å²) in [5, 5.41) is 7.41. The highest BCUT2D eigenvalue weighted by molar-refractivity contribution is 5.93. The van der Waals surface area contributed by atoms with Crippen molar-refractivity contribution in [2.24, 2.45) is 0 Å². The van der Waals surface area contributed by atoms with E-state index in [4.69, 9.17) is 5.41 Å². The molecule has 0 aromatic heterocycles. The molecule has 0 fully saturated rings. The number of ether oxygens (including phenoxy) is 1. The van der Waals surface area contributed by atoms with E-state index >= 15 is 0 Å². The Morgan fingerprint density at radius 2 is 2.42 bits per heavy atom. The molecule has 0 saturated heterocycles. The molecule has 0 amide bonds. The monoisotopic (exact) mass is 168 g/mol. The fourth-order valence-corrected chi connectivity index (χ4v) is 1.07. The second kappa shape index (κ2) is 3.38. The Hall–Kier alpha value is -1.32. The summed E-state index contributed by atoms with van der Waals surface area (Å²) in [6, 6.07) is 0. The molecule has 0 atom stereocenters. The lowest BCUT2D eigenvalue weighted by Gasteiger charge is -2.24. The van der Waals surface area contributed by atoms with Gasteiger partial charge >= 0.3 is 5.97 Å². The Kier molecular flexibility index (Phi) is 2.47. The molecule has 0 aromatic carbocycles. The van der Waals surface area contributed by atoms with Crippen LogP contribution in [0.1, 0.15) is 6.42 Å². The van der Waals surface area contributed by atoms with Gasteiger partial charge in [-0.1, -0.05) is 6.08 Å². The molecule has 0 aromatic rings. The molecular formula is C8H12N2O2. The molecule has 4 nitrogen and oxygen atoms in total. The topological polar surface area (TPSA) is 53.4 Å². The fourth-order valence-electron chi connectivity index (χ4n) is 1.07. The maximum absolute atomic E-state index is 11.0. The van der Waals surface area contributed by atoms with Crippen LogP contribution in [0.3, 0.4) is 0 Å². The molecule has 0 bridgehead atoms. The summed E-state index contributed by atoms with van der Waals surface area (Å²) in [7, 11) is 3.15. The summed E-state index contributed by atoms with van der Waals surface area (Å²) in [5.74, 6) is 0.233. The van der Waals surface area contributed by atoms with Crippen LogP contribution < -0.4 is 0 Å². The third kappa shape index (κ3) is 1.64. The third-order valence-corrected chi connectivity index (χ3v) is 1.86. The maximum atomic E-state index is 11.0. The normalized spacial score (nSPS) is 17.3. The van der Waals surface area contributed by atoms with Gasteiger partial charge in [-0.3, -0.25) is 5.41 Å². The zero-order chi connectivity index (χ0) is 9.14. The predicted molar refractivity (Wildman–Crippen MR) is 45.1 cm³/mol. The van der Waals surface area contributed by atoms with Gasteiger partial charge in [0, 0.05) is 13.5 Å². The molecule has 1 rings (SSSR count). The van der Waals surface area contributed by atoms with Crippen LogP contribution in [0.2, 0.25) is 0 Å². The molecular weight excluding hydrogens is 156 g/mol. The molecule has 0 aliphatic carbocycles. The molecule has 1 aliphatic heterocycles. The first-order chi connectivity index (χ1) is 5.65. The standard InChI is InChI=1S/C8H12N2O2/c1-10-5-6(8(11)12-2)3-4-7(10)9/h3,9H,4-5H2,1-2H3. The van der Waals surface area contributed by atoms with Crippen LogP contribution in [-0.2, 0) is 9.53 Å². The van der Waals surface area contributed by atoms with Crippen molar-refractivity contribution >= 4 is 11.8 Å². The summed E-state index contributed by atoms with van der Waals surface area (Å²) >= 11 is 0. The Labute approximate surface area is 71.3 Å². The smallest absolute Gasteiger partial charge is 0.335 e. The first-order valence-corrected chi connectivity index (χ1v) is 3.71. The fraction of sp³-hybridized carbons (Fsp3) is 0.500. The zero-order valence-corrected chi connectivity index (χ0v) is 7.26. The van der Waals surface area contributed by atoms with Crippen molar-refractivity contribution < 1.29 is 9.53 Å². The molecule has 0 radical (unpaired) electrons. The number of carbonyl (C=O) groups excluding carboxylic acids is 1. The van der Waals surface area contributed by atoms with E-state index in [-0.39, 0.29) is 5.97 Å². The van der Waals surface area contributed by atoms with E-state index in [9.17, 15) is 4.79 Å². The van der Waals surface area contributed by atoms with Gasteiger partial charge in [-0.25, -0.2) is 4.79 Å². The molecule has 4 heteroatoms. The SMILES string of the molecule is COC(=O)C1=CCC(=N)N(C)C1. The lowest BCUT2D eigenvalue weighted by molar-refractivity contribution is -0.136. The van der Waals surface area contributed by atoms with Crippen LogP contribution in [0.5, 0.6) is 0 Å². The lowest BCUT2D eigenvalue weighted by atomic mass is 10.1. The number of esters is 1.